The fraction of sp³-hybridized carbons (Fsp3) is 0.400. The molecule has 1 atom stereocenters. The second kappa shape index (κ2) is 4.23. The molecule has 0 spiro atoms. The molecule has 0 bridgehead atoms. The Morgan fingerprint density at radius 1 is 1.46 bits per heavy atom. The predicted molar refractivity (Wildman–Crippen MR) is 50.3 cm³/mol. The maximum atomic E-state index is 12.9. The monoisotopic (exact) mass is 183 g/mol. The van der Waals surface area contributed by atoms with Gasteiger partial charge in [0.15, 0.2) is 0 Å². The quantitative estimate of drug-likeness (QED) is 0.774. The second-order valence-electron chi connectivity index (χ2n) is 3.18. The SMILES string of the molecule is COc1cc(F)cc(C[C@@H](C)N)c1. The Morgan fingerprint density at radius 2 is 2.15 bits per heavy atom. The summed E-state index contributed by atoms with van der Waals surface area (Å²) in [7, 11) is 1.52. The summed E-state index contributed by atoms with van der Waals surface area (Å²) in [5, 5.41) is 0. The molecule has 3 heteroatoms. The lowest BCUT2D eigenvalue weighted by atomic mass is 10.1. The third-order valence-corrected chi connectivity index (χ3v) is 1.72. The van der Waals surface area contributed by atoms with Gasteiger partial charge in [-0.15, -0.1) is 0 Å². The van der Waals surface area contributed by atoms with E-state index in [0.29, 0.717) is 12.2 Å². The second-order valence-corrected chi connectivity index (χ2v) is 3.18. The highest BCUT2D eigenvalue weighted by atomic mass is 19.1. The van der Waals surface area contributed by atoms with Gasteiger partial charge in [0.2, 0.25) is 0 Å². The number of nitrogens with two attached hydrogens (primary N) is 1. The molecule has 1 rings (SSSR count). The van der Waals surface area contributed by atoms with E-state index >= 15 is 0 Å². The molecule has 13 heavy (non-hydrogen) atoms. The van der Waals surface area contributed by atoms with E-state index in [1.165, 1.54) is 19.2 Å². The van der Waals surface area contributed by atoms with E-state index in [1.807, 2.05) is 6.92 Å². The van der Waals surface area contributed by atoms with Crippen molar-refractivity contribution in [2.24, 2.45) is 5.73 Å². The van der Waals surface area contributed by atoms with E-state index in [4.69, 9.17) is 10.5 Å². The Hall–Kier alpha value is -1.09. The maximum Gasteiger partial charge on any atom is 0.127 e. The van der Waals surface area contributed by atoms with Crippen molar-refractivity contribution in [3.63, 3.8) is 0 Å². The van der Waals surface area contributed by atoms with Gasteiger partial charge in [-0.3, -0.25) is 0 Å². The van der Waals surface area contributed by atoms with Crippen molar-refractivity contribution in [3.05, 3.63) is 29.6 Å². The van der Waals surface area contributed by atoms with Crippen molar-refractivity contribution in [1.29, 1.82) is 0 Å². The first-order chi connectivity index (χ1) is 6.11. The molecule has 0 saturated heterocycles. The Labute approximate surface area is 77.5 Å². The van der Waals surface area contributed by atoms with Gasteiger partial charge < -0.3 is 10.5 Å². The normalized spacial score (nSPS) is 12.6. The standard InChI is InChI=1S/C10H14FNO/c1-7(12)3-8-4-9(11)6-10(5-8)13-2/h4-7H,3,12H2,1-2H3/t7-/m1/s1. The highest BCUT2D eigenvalue weighted by molar-refractivity contribution is 5.29. The molecule has 2 nitrogen and oxygen atoms in total. The van der Waals surface area contributed by atoms with Gasteiger partial charge in [0.25, 0.3) is 0 Å². The molecule has 2 N–H and O–H groups in total. The number of ether oxygens (including phenoxy) is 1. The van der Waals surface area contributed by atoms with E-state index in [0.717, 1.165) is 5.56 Å². The zero-order valence-corrected chi connectivity index (χ0v) is 7.88. The van der Waals surface area contributed by atoms with Gasteiger partial charge in [-0.05, 0) is 31.0 Å². The Kier molecular flexibility index (Phi) is 3.25. The topological polar surface area (TPSA) is 35.2 Å². The third kappa shape index (κ3) is 3.03. The Bertz CT molecular complexity index is 286. The lowest BCUT2D eigenvalue weighted by molar-refractivity contribution is 0.410. The van der Waals surface area contributed by atoms with Crippen LogP contribution in [-0.4, -0.2) is 13.2 Å². The molecule has 0 heterocycles. The first kappa shape index (κ1) is 9.99. The lowest BCUT2D eigenvalue weighted by Gasteiger charge is -2.07. The predicted octanol–water partition coefficient (Wildman–Crippen LogP) is 1.72. The van der Waals surface area contributed by atoms with E-state index in [1.54, 1.807) is 6.07 Å². The smallest absolute Gasteiger partial charge is 0.127 e. The van der Waals surface area contributed by atoms with Crippen molar-refractivity contribution in [1.82, 2.24) is 0 Å². The van der Waals surface area contributed by atoms with Gasteiger partial charge in [-0.25, -0.2) is 4.39 Å². The highest BCUT2D eigenvalue weighted by Gasteiger charge is 2.02. The van der Waals surface area contributed by atoms with E-state index in [-0.39, 0.29) is 11.9 Å². The molecule has 0 aromatic heterocycles. The van der Waals surface area contributed by atoms with Crippen LogP contribution in [0, 0.1) is 5.82 Å². The molecule has 0 saturated carbocycles. The summed E-state index contributed by atoms with van der Waals surface area (Å²) in [5.41, 5.74) is 6.47. The first-order valence-electron chi connectivity index (χ1n) is 4.21. The van der Waals surface area contributed by atoms with Crippen molar-refractivity contribution in [3.8, 4) is 5.75 Å². The fourth-order valence-electron chi connectivity index (χ4n) is 1.23. The van der Waals surface area contributed by atoms with Gasteiger partial charge in [0.05, 0.1) is 7.11 Å². The summed E-state index contributed by atoms with van der Waals surface area (Å²) in [6.07, 6.45) is 0.661. The number of hydrogen-bond donors (Lipinski definition) is 1. The van der Waals surface area contributed by atoms with Crippen LogP contribution in [0.4, 0.5) is 4.39 Å². The van der Waals surface area contributed by atoms with Crippen LogP contribution in [-0.2, 0) is 6.42 Å². The minimum atomic E-state index is -0.282. The average molecular weight is 183 g/mol. The minimum Gasteiger partial charge on any atom is -0.497 e. The lowest BCUT2D eigenvalue weighted by Crippen LogP contribution is -2.17. The van der Waals surface area contributed by atoms with Crippen LogP contribution in [0.5, 0.6) is 5.75 Å². The van der Waals surface area contributed by atoms with Crippen LogP contribution in [0.25, 0.3) is 0 Å². The van der Waals surface area contributed by atoms with Crippen molar-refractivity contribution < 1.29 is 9.13 Å². The molecular formula is C10H14FNO. The van der Waals surface area contributed by atoms with E-state index in [2.05, 4.69) is 0 Å². The number of rotatable bonds is 3. The van der Waals surface area contributed by atoms with Crippen LogP contribution < -0.4 is 10.5 Å². The zero-order chi connectivity index (χ0) is 9.84. The fourth-order valence-corrected chi connectivity index (χ4v) is 1.23. The van der Waals surface area contributed by atoms with Crippen LogP contribution in [0.3, 0.4) is 0 Å². The summed E-state index contributed by atoms with van der Waals surface area (Å²) in [5.74, 6) is 0.255. The van der Waals surface area contributed by atoms with Crippen LogP contribution in [0.1, 0.15) is 12.5 Å². The maximum absolute atomic E-state index is 12.9. The molecular weight excluding hydrogens is 169 g/mol. The summed E-state index contributed by atoms with van der Waals surface area (Å²) >= 11 is 0. The first-order valence-corrected chi connectivity index (χ1v) is 4.21. The van der Waals surface area contributed by atoms with Crippen LogP contribution in [0.2, 0.25) is 0 Å². The third-order valence-electron chi connectivity index (χ3n) is 1.72. The van der Waals surface area contributed by atoms with E-state index in [9.17, 15) is 4.39 Å². The number of methoxy groups -OCH3 is 1. The molecule has 0 aliphatic rings. The van der Waals surface area contributed by atoms with Gasteiger partial charge in [-0.1, -0.05) is 0 Å². The molecule has 1 aromatic rings. The molecule has 0 radical (unpaired) electrons. The van der Waals surface area contributed by atoms with E-state index < -0.39 is 0 Å². The number of benzene rings is 1. The summed E-state index contributed by atoms with van der Waals surface area (Å²) in [6, 6.07) is 4.66. The molecule has 0 fully saturated rings. The number of hydrogen-bond acceptors (Lipinski definition) is 2. The Balaban J connectivity index is 2.88. The summed E-state index contributed by atoms with van der Waals surface area (Å²) < 4.78 is 17.9. The zero-order valence-electron chi connectivity index (χ0n) is 7.88. The number of halogens is 1. The van der Waals surface area contributed by atoms with Gasteiger partial charge >= 0.3 is 0 Å². The molecule has 0 unspecified atom stereocenters. The summed E-state index contributed by atoms with van der Waals surface area (Å²) in [4.78, 5) is 0. The van der Waals surface area contributed by atoms with Gasteiger partial charge in [0.1, 0.15) is 11.6 Å². The Morgan fingerprint density at radius 3 is 2.69 bits per heavy atom. The minimum absolute atomic E-state index is 0.0338. The summed E-state index contributed by atoms with van der Waals surface area (Å²) in [6.45, 7) is 1.89. The molecule has 1 aromatic carbocycles. The van der Waals surface area contributed by atoms with Gasteiger partial charge in [-0.2, -0.15) is 0 Å². The average Bonchev–Trinajstić information content (AvgIpc) is 2.01. The van der Waals surface area contributed by atoms with Crippen molar-refractivity contribution >= 4 is 0 Å². The largest absolute Gasteiger partial charge is 0.497 e. The van der Waals surface area contributed by atoms with Crippen LogP contribution >= 0.6 is 0 Å². The molecule has 0 aliphatic carbocycles. The molecule has 0 aliphatic heterocycles. The molecule has 72 valence electrons. The molecule has 0 amide bonds. The van der Waals surface area contributed by atoms with Crippen LogP contribution in [0.15, 0.2) is 18.2 Å². The highest BCUT2D eigenvalue weighted by Crippen LogP contribution is 2.16. The van der Waals surface area contributed by atoms with Crippen molar-refractivity contribution in [2.45, 2.75) is 19.4 Å². The van der Waals surface area contributed by atoms with Gasteiger partial charge in [0, 0.05) is 12.1 Å². The van der Waals surface area contributed by atoms with Crippen molar-refractivity contribution in [2.75, 3.05) is 7.11 Å².